The van der Waals surface area contributed by atoms with Crippen LogP contribution in [0.15, 0.2) is 22.7 Å². The summed E-state index contributed by atoms with van der Waals surface area (Å²) in [5.41, 5.74) is 0.486. The summed E-state index contributed by atoms with van der Waals surface area (Å²) in [5.74, 6) is 0.488. The van der Waals surface area contributed by atoms with Crippen molar-refractivity contribution in [1.82, 2.24) is 10.2 Å². The minimum atomic E-state index is -0.196. The van der Waals surface area contributed by atoms with Crippen LogP contribution in [0.4, 0.5) is 0 Å². The summed E-state index contributed by atoms with van der Waals surface area (Å²) < 4.78 is 6.08. The number of hydrogen-bond donors (Lipinski definition) is 1. The standard InChI is InChI=1S/C15H19BrN2O3/c1-10(9-18-7-3-4-14(18)19)17-15(20)12-6-5-11(16)8-13(12)21-2/h5-6,8,10H,3-4,7,9H2,1-2H3,(H,17,20). The van der Waals surface area contributed by atoms with Gasteiger partial charge in [-0.05, 0) is 31.5 Å². The van der Waals surface area contributed by atoms with Gasteiger partial charge in [-0.15, -0.1) is 0 Å². The van der Waals surface area contributed by atoms with E-state index in [2.05, 4.69) is 21.2 Å². The fourth-order valence-corrected chi connectivity index (χ4v) is 2.77. The molecule has 0 aromatic heterocycles. The lowest BCUT2D eigenvalue weighted by Crippen LogP contribution is -2.42. The first kappa shape index (κ1) is 15.8. The third-order valence-electron chi connectivity index (χ3n) is 3.45. The van der Waals surface area contributed by atoms with Gasteiger partial charge in [-0.3, -0.25) is 9.59 Å². The van der Waals surface area contributed by atoms with E-state index in [1.165, 1.54) is 7.11 Å². The molecule has 1 aliphatic rings. The molecule has 1 aromatic rings. The largest absolute Gasteiger partial charge is 0.496 e. The molecule has 21 heavy (non-hydrogen) atoms. The quantitative estimate of drug-likeness (QED) is 0.881. The maximum Gasteiger partial charge on any atom is 0.255 e. The van der Waals surface area contributed by atoms with Gasteiger partial charge in [0.15, 0.2) is 0 Å². The van der Waals surface area contributed by atoms with E-state index in [4.69, 9.17) is 4.74 Å². The number of benzene rings is 1. The number of nitrogens with one attached hydrogen (secondary N) is 1. The van der Waals surface area contributed by atoms with Gasteiger partial charge >= 0.3 is 0 Å². The normalized spacial score (nSPS) is 16.0. The van der Waals surface area contributed by atoms with E-state index >= 15 is 0 Å². The van der Waals surface area contributed by atoms with Gasteiger partial charge in [0.2, 0.25) is 5.91 Å². The predicted octanol–water partition coefficient (Wildman–Crippen LogP) is 2.20. The van der Waals surface area contributed by atoms with Crippen LogP contribution in [-0.4, -0.2) is 43.0 Å². The lowest BCUT2D eigenvalue weighted by atomic mass is 10.1. The molecule has 1 saturated heterocycles. The van der Waals surface area contributed by atoms with Crippen molar-refractivity contribution in [2.75, 3.05) is 20.2 Å². The number of carbonyl (C=O) groups excluding carboxylic acids is 2. The smallest absolute Gasteiger partial charge is 0.255 e. The average molecular weight is 355 g/mol. The third-order valence-corrected chi connectivity index (χ3v) is 3.94. The van der Waals surface area contributed by atoms with Crippen molar-refractivity contribution < 1.29 is 14.3 Å². The number of carbonyl (C=O) groups is 2. The molecule has 1 unspecified atom stereocenters. The minimum absolute atomic E-state index is 0.104. The van der Waals surface area contributed by atoms with Crippen LogP contribution in [0, 0.1) is 0 Å². The van der Waals surface area contributed by atoms with E-state index in [9.17, 15) is 9.59 Å². The Morgan fingerprint density at radius 2 is 2.29 bits per heavy atom. The number of nitrogens with zero attached hydrogens (tertiary/aromatic N) is 1. The van der Waals surface area contributed by atoms with Crippen LogP contribution in [0.3, 0.4) is 0 Å². The molecule has 114 valence electrons. The van der Waals surface area contributed by atoms with Crippen molar-refractivity contribution in [1.29, 1.82) is 0 Å². The molecule has 6 heteroatoms. The lowest BCUT2D eigenvalue weighted by Gasteiger charge is -2.22. The Balaban J connectivity index is 1.99. The Morgan fingerprint density at radius 3 is 2.90 bits per heavy atom. The van der Waals surface area contributed by atoms with Crippen molar-refractivity contribution in [2.24, 2.45) is 0 Å². The maximum atomic E-state index is 12.3. The summed E-state index contributed by atoms with van der Waals surface area (Å²) in [6.07, 6.45) is 1.52. The van der Waals surface area contributed by atoms with Crippen LogP contribution < -0.4 is 10.1 Å². The molecule has 2 amide bonds. The monoisotopic (exact) mass is 354 g/mol. The molecule has 1 heterocycles. The van der Waals surface area contributed by atoms with E-state index in [0.29, 0.717) is 24.3 Å². The van der Waals surface area contributed by atoms with Gasteiger partial charge in [-0.1, -0.05) is 15.9 Å². The van der Waals surface area contributed by atoms with Crippen molar-refractivity contribution in [3.63, 3.8) is 0 Å². The van der Waals surface area contributed by atoms with Crippen LogP contribution in [0.25, 0.3) is 0 Å². The summed E-state index contributed by atoms with van der Waals surface area (Å²) in [6.45, 7) is 3.22. The topological polar surface area (TPSA) is 58.6 Å². The molecule has 5 nitrogen and oxygen atoms in total. The summed E-state index contributed by atoms with van der Waals surface area (Å²) in [5, 5.41) is 2.91. The molecular weight excluding hydrogens is 336 g/mol. The molecule has 0 radical (unpaired) electrons. The highest BCUT2D eigenvalue weighted by atomic mass is 79.9. The Hall–Kier alpha value is -1.56. The Bertz CT molecular complexity index is 548. The summed E-state index contributed by atoms with van der Waals surface area (Å²) in [7, 11) is 1.53. The van der Waals surface area contributed by atoms with Gasteiger partial charge in [-0.25, -0.2) is 0 Å². The van der Waals surface area contributed by atoms with Crippen LogP contribution in [-0.2, 0) is 4.79 Å². The van der Waals surface area contributed by atoms with Gasteiger partial charge in [-0.2, -0.15) is 0 Å². The van der Waals surface area contributed by atoms with Crippen LogP contribution in [0.1, 0.15) is 30.1 Å². The second kappa shape index (κ2) is 6.93. The van der Waals surface area contributed by atoms with E-state index in [0.717, 1.165) is 17.4 Å². The van der Waals surface area contributed by atoms with E-state index in [-0.39, 0.29) is 17.9 Å². The van der Waals surface area contributed by atoms with Crippen molar-refractivity contribution >= 4 is 27.7 Å². The highest BCUT2D eigenvalue weighted by Crippen LogP contribution is 2.23. The number of hydrogen-bond acceptors (Lipinski definition) is 3. The molecule has 1 N–H and O–H groups in total. The van der Waals surface area contributed by atoms with Crippen LogP contribution >= 0.6 is 15.9 Å². The molecule has 0 aliphatic carbocycles. The second-order valence-corrected chi connectivity index (χ2v) is 6.08. The Labute approximate surface area is 132 Å². The molecule has 2 rings (SSSR count). The second-order valence-electron chi connectivity index (χ2n) is 5.16. The van der Waals surface area contributed by atoms with Crippen molar-refractivity contribution in [2.45, 2.75) is 25.8 Å². The van der Waals surface area contributed by atoms with E-state index in [1.54, 1.807) is 23.1 Å². The summed E-state index contributed by atoms with van der Waals surface area (Å²) >= 11 is 3.35. The van der Waals surface area contributed by atoms with Gasteiger partial charge in [0.1, 0.15) is 5.75 Å². The van der Waals surface area contributed by atoms with Gasteiger partial charge in [0, 0.05) is 30.0 Å². The predicted molar refractivity (Wildman–Crippen MR) is 83.4 cm³/mol. The van der Waals surface area contributed by atoms with Gasteiger partial charge < -0.3 is 15.0 Å². The molecule has 1 aromatic carbocycles. The SMILES string of the molecule is COc1cc(Br)ccc1C(=O)NC(C)CN1CCCC1=O. The Morgan fingerprint density at radius 1 is 1.52 bits per heavy atom. The third kappa shape index (κ3) is 3.97. The molecule has 0 spiro atoms. The zero-order valence-electron chi connectivity index (χ0n) is 12.2. The van der Waals surface area contributed by atoms with E-state index in [1.807, 2.05) is 6.92 Å². The number of halogens is 1. The fraction of sp³-hybridized carbons (Fsp3) is 0.467. The lowest BCUT2D eigenvalue weighted by molar-refractivity contribution is -0.127. The molecular formula is C15H19BrN2O3. The van der Waals surface area contributed by atoms with Crippen LogP contribution in [0.5, 0.6) is 5.75 Å². The number of amides is 2. The first-order chi connectivity index (χ1) is 10.0. The molecule has 0 saturated carbocycles. The van der Waals surface area contributed by atoms with Gasteiger partial charge in [0.25, 0.3) is 5.91 Å². The minimum Gasteiger partial charge on any atom is -0.496 e. The van der Waals surface area contributed by atoms with Crippen molar-refractivity contribution in [3.8, 4) is 5.75 Å². The summed E-state index contributed by atoms with van der Waals surface area (Å²) in [6, 6.07) is 5.16. The fourth-order valence-electron chi connectivity index (χ4n) is 2.43. The highest BCUT2D eigenvalue weighted by Gasteiger charge is 2.23. The van der Waals surface area contributed by atoms with Crippen molar-refractivity contribution in [3.05, 3.63) is 28.2 Å². The number of rotatable bonds is 5. The molecule has 1 aliphatic heterocycles. The number of likely N-dealkylation sites (tertiary alicyclic amines) is 1. The molecule has 1 atom stereocenters. The first-order valence-corrected chi connectivity index (χ1v) is 7.72. The average Bonchev–Trinajstić information content (AvgIpc) is 2.83. The summed E-state index contributed by atoms with van der Waals surface area (Å²) in [4.78, 5) is 25.7. The number of methoxy groups -OCH3 is 1. The highest BCUT2D eigenvalue weighted by molar-refractivity contribution is 9.10. The first-order valence-electron chi connectivity index (χ1n) is 6.93. The van der Waals surface area contributed by atoms with Gasteiger partial charge in [0.05, 0.1) is 12.7 Å². The number of ether oxygens (including phenoxy) is 1. The molecule has 1 fully saturated rings. The Kier molecular flexibility index (Phi) is 5.22. The van der Waals surface area contributed by atoms with E-state index < -0.39 is 0 Å². The van der Waals surface area contributed by atoms with Crippen LogP contribution in [0.2, 0.25) is 0 Å². The maximum absolute atomic E-state index is 12.3. The zero-order chi connectivity index (χ0) is 15.4. The molecule has 0 bridgehead atoms. The zero-order valence-corrected chi connectivity index (χ0v) is 13.8.